The summed E-state index contributed by atoms with van der Waals surface area (Å²) in [6, 6.07) is 0. The quantitative estimate of drug-likeness (QED) is 0.489. The summed E-state index contributed by atoms with van der Waals surface area (Å²) in [5.41, 5.74) is 1.52. The third-order valence-corrected chi connectivity index (χ3v) is 8.01. The minimum Gasteiger partial charge on any atom is -0.0654 e. The van der Waals surface area contributed by atoms with Gasteiger partial charge >= 0.3 is 0 Å². The number of hydrogen-bond donors (Lipinski definition) is 0. The molecule has 0 N–H and O–H groups in total. The maximum Gasteiger partial charge on any atom is -0.0213 e. The van der Waals surface area contributed by atoms with Crippen molar-refractivity contribution in [3.8, 4) is 0 Å². The lowest BCUT2D eigenvalue weighted by atomic mass is 9.45. The van der Waals surface area contributed by atoms with Gasteiger partial charge in [-0.15, -0.1) is 0 Å². The smallest absolute Gasteiger partial charge is 0.0213 e. The van der Waals surface area contributed by atoms with Crippen molar-refractivity contribution in [1.82, 2.24) is 0 Å². The van der Waals surface area contributed by atoms with E-state index in [1.54, 1.807) is 57.8 Å². The molecule has 3 aliphatic rings. The molecule has 0 bridgehead atoms. The van der Waals surface area contributed by atoms with Crippen LogP contribution in [0.1, 0.15) is 122 Å². The van der Waals surface area contributed by atoms with E-state index in [0.29, 0.717) is 0 Å². The minimum absolute atomic E-state index is 0.754. The van der Waals surface area contributed by atoms with E-state index < -0.39 is 0 Å². The van der Waals surface area contributed by atoms with Gasteiger partial charge in [-0.2, -0.15) is 0 Å². The van der Waals surface area contributed by atoms with Crippen molar-refractivity contribution < 1.29 is 0 Å². The Morgan fingerprint density at radius 1 is 0.682 bits per heavy atom. The molecule has 128 valence electrons. The van der Waals surface area contributed by atoms with Gasteiger partial charge in [0.05, 0.1) is 0 Å². The molecule has 3 aliphatic carbocycles. The minimum atomic E-state index is 0.754. The van der Waals surface area contributed by atoms with Gasteiger partial charge in [-0.3, -0.25) is 0 Å². The van der Waals surface area contributed by atoms with Crippen molar-refractivity contribution in [3.05, 3.63) is 0 Å². The van der Waals surface area contributed by atoms with Crippen LogP contribution in [0.2, 0.25) is 0 Å². The molecule has 3 saturated carbocycles. The molecule has 0 aromatic carbocycles. The number of rotatable bonds is 5. The van der Waals surface area contributed by atoms with E-state index in [9.17, 15) is 0 Å². The topological polar surface area (TPSA) is 0 Å². The summed E-state index contributed by atoms with van der Waals surface area (Å²) in [4.78, 5) is 0. The lowest BCUT2D eigenvalue weighted by Crippen LogP contribution is -2.50. The Morgan fingerprint density at radius 3 is 1.82 bits per heavy atom. The normalized spacial score (nSPS) is 29.3. The predicted molar refractivity (Wildman–Crippen MR) is 97.1 cm³/mol. The SMILES string of the molecule is CCCCC1(C2(C3CCCCC3)CCCCC2)CCCCC1. The molecule has 0 heteroatoms. The van der Waals surface area contributed by atoms with Crippen molar-refractivity contribution in [2.24, 2.45) is 16.7 Å². The largest absolute Gasteiger partial charge is 0.0654 e. The molecule has 22 heavy (non-hydrogen) atoms. The first-order valence-electron chi connectivity index (χ1n) is 10.8. The molecule has 0 heterocycles. The molecular weight excluding hydrogens is 264 g/mol. The fraction of sp³-hybridized carbons (Fsp3) is 1.00. The lowest BCUT2D eigenvalue weighted by Gasteiger charge is -2.60. The van der Waals surface area contributed by atoms with E-state index in [1.165, 1.54) is 57.8 Å². The van der Waals surface area contributed by atoms with Crippen LogP contribution in [0.5, 0.6) is 0 Å². The zero-order valence-corrected chi connectivity index (χ0v) is 15.3. The molecule has 0 unspecified atom stereocenters. The summed E-state index contributed by atoms with van der Waals surface area (Å²) in [5.74, 6) is 1.09. The first-order chi connectivity index (χ1) is 10.8. The van der Waals surface area contributed by atoms with Gasteiger partial charge in [0.25, 0.3) is 0 Å². The van der Waals surface area contributed by atoms with E-state index in [1.807, 2.05) is 0 Å². The third-order valence-electron chi connectivity index (χ3n) is 8.01. The first-order valence-corrected chi connectivity index (χ1v) is 10.8. The Kier molecular flexibility index (Phi) is 5.91. The standard InChI is InChI=1S/C22H40/c1-2-3-15-21(16-9-5-10-17-21)22(18-11-6-12-19-22)20-13-7-4-8-14-20/h20H,2-19H2,1H3. The molecule has 0 aliphatic heterocycles. The second-order valence-electron chi connectivity index (χ2n) is 9.00. The summed E-state index contributed by atoms with van der Waals surface area (Å²) in [6.45, 7) is 2.41. The summed E-state index contributed by atoms with van der Waals surface area (Å²) in [5, 5.41) is 0. The molecule has 0 aromatic heterocycles. The summed E-state index contributed by atoms with van der Waals surface area (Å²) >= 11 is 0. The van der Waals surface area contributed by atoms with Crippen LogP contribution in [0.4, 0.5) is 0 Å². The van der Waals surface area contributed by atoms with Crippen LogP contribution in [-0.2, 0) is 0 Å². The van der Waals surface area contributed by atoms with Crippen molar-refractivity contribution in [3.63, 3.8) is 0 Å². The predicted octanol–water partition coefficient (Wildman–Crippen LogP) is 7.66. The second-order valence-corrected chi connectivity index (χ2v) is 9.00. The van der Waals surface area contributed by atoms with Crippen LogP contribution in [0.15, 0.2) is 0 Å². The zero-order chi connectivity index (χ0) is 15.3. The molecule has 0 nitrogen and oxygen atoms in total. The van der Waals surface area contributed by atoms with Crippen molar-refractivity contribution in [2.45, 2.75) is 122 Å². The van der Waals surface area contributed by atoms with Gasteiger partial charge < -0.3 is 0 Å². The fourth-order valence-corrected chi connectivity index (χ4v) is 6.95. The Hall–Kier alpha value is 0. The van der Waals surface area contributed by atoms with Gasteiger partial charge in [0.15, 0.2) is 0 Å². The maximum atomic E-state index is 2.41. The van der Waals surface area contributed by atoms with Gasteiger partial charge in [-0.05, 0) is 61.7 Å². The molecule has 0 aromatic rings. The van der Waals surface area contributed by atoms with E-state index in [0.717, 1.165) is 16.7 Å². The molecular formula is C22H40. The van der Waals surface area contributed by atoms with Crippen LogP contribution in [0.3, 0.4) is 0 Å². The highest BCUT2D eigenvalue weighted by Gasteiger charge is 2.54. The van der Waals surface area contributed by atoms with Gasteiger partial charge in [-0.25, -0.2) is 0 Å². The van der Waals surface area contributed by atoms with Gasteiger partial charge in [-0.1, -0.05) is 77.6 Å². The Balaban J connectivity index is 1.89. The highest BCUT2D eigenvalue weighted by molar-refractivity contribution is 5.04. The van der Waals surface area contributed by atoms with Crippen molar-refractivity contribution >= 4 is 0 Å². The van der Waals surface area contributed by atoms with E-state index in [-0.39, 0.29) is 0 Å². The molecule has 0 atom stereocenters. The number of hydrogen-bond acceptors (Lipinski definition) is 0. The van der Waals surface area contributed by atoms with Crippen molar-refractivity contribution in [2.75, 3.05) is 0 Å². The van der Waals surface area contributed by atoms with E-state index in [2.05, 4.69) is 6.92 Å². The Bertz CT molecular complexity index is 311. The molecule has 0 amide bonds. The van der Waals surface area contributed by atoms with Crippen LogP contribution >= 0.6 is 0 Å². The average Bonchev–Trinajstić information content (AvgIpc) is 2.62. The maximum absolute atomic E-state index is 2.41. The summed E-state index contributed by atoms with van der Waals surface area (Å²) in [6.07, 6.45) is 27.8. The van der Waals surface area contributed by atoms with Crippen LogP contribution in [-0.4, -0.2) is 0 Å². The second kappa shape index (κ2) is 7.71. The van der Waals surface area contributed by atoms with E-state index >= 15 is 0 Å². The van der Waals surface area contributed by atoms with E-state index in [4.69, 9.17) is 0 Å². The molecule has 0 saturated heterocycles. The first kappa shape index (κ1) is 16.8. The highest BCUT2D eigenvalue weighted by atomic mass is 14.6. The molecule has 0 radical (unpaired) electrons. The Labute approximate surface area is 139 Å². The average molecular weight is 305 g/mol. The van der Waals surface area contributed by atoms with Gasteiger partial charge in [0.2, 0.25) is 0 Å². The monoisotopic (exact) mass is 304 g/mol. The molecule has 0 spiro atoms. The van der Waals surface area contributed by atoms with Crippen molar-refractivity contribution in [1.29, 1.82) is 0 Å². The molecule has 3 fully saturated rings. The van der Waals surface area contributed by atoms with Gasteiger partial charge in [0, 0.05) is 0 Å². The van der Waals surface area contributed by atoms with Crippen LogP contribution in [0, 0.1) is 16.7 Å². The fourth-order valence-electron chi connectivity index (χ4n) is 6.95. The lowest BCUT2D eigenvalue weighted by molar-refractivity contribution is -0.0969. The van der Waals surface area contributed by atoms with Gasteiger partial charge in [0.1, 0.15) is 0 Å². The summed E-state index contributed by atoms with van der Waals surface area (Å²) < 4.78 is 0. The number of unbranched alkanes of at least 4 members (excludes halogenated alkanes) is 1. The van der Waals surface area contributed by atoms with Crippen LogP contribution < -0.4 is 0 Å². The third kappa shape index (κ3) is 3.13. The molecule has 3 rings (SSSR count). The zero-order valence-electron chi connectivity index (χ0n) is 15.3. The van der Waals surface area contributed by atoms with Crippen LogP contribution in [0.25, 0.3) is 0 Å². The highest BCUT2D eigenvalue weighted by Crippen LogP contribution is 2.64. The summed E-state index contributed by atoms with van der Waals surface area (Å²) in [7, 11) is 0. The Morgan fingerprint density at radius 2 is 1.23 bits per heavy atom.